The van der Waals surface area contributed by atoms with Gasteiger partial charge in [-0.05, 0) is 42.2 Å². The molecule has 0 saturated carbocycles. The van der Waals surface area contributed by atoms with E-state index in [0.717, 1.165) is 13.2 Å². The number of benzene rings is 1. The third-order valence-corrected chi connectivity index (χ3v) is 5.32. The van der Waals surface area contributed by atoms with Crippen molar-refractivity contribution in [1.29, 1.82) is 0 Å². The van der Waals surface area contributed by atoms with E-state index >= 15 is 0 Å². The van der Waals surface area contributed by atoms with Crippen molar-refractivity contribution in [2.45, 2.75) is 43.9 Å². The zero-order chi connectivity index (χ0) is 13.0. The molecule has 18 heavy (non-hydrogen) atoms. The van der Waals surface area contributed by atoms with Crippen molar-refractivity contribution in [1.82, 2.24) is 0 Å². The van der Waals surface area contributed by atoms with E-state index in [2.05, 4.69) is 54.0 Å². The molecule has 1 saturated heterocycles. The zero-order valence-corrected chi connectivity index (χ0v) is 12.9. The lowest BCUT2D eigenvalue weighted by Gasteiger charge is -2.27. The third-order valence-electron chi connectivity index (χ3n) is 4.05. The van der Waals surface area contributed by atoms with Crippen LogP contribution in [0.1, 0.15) is 55.0 Å². The molecule has 0 bridgehead atoms. The standard InChI is InChI=1S/C16H23BrO/c1-3-12(2)13-6-8-14(9-7-13)16(17)15-5-4-10-18-11-15/h6-9,12,15-16H,3-5,10-11H2,1-2H3. The molecule has 1 nitrogen and oxygen atoms in total. The Kier molecular flexibility index (Phi) is 5.25. The molecule has 1 aromatic rings. The second-order valence-electron chi connectivity index (χ2n) is 5.35. The van der Waals surface area contributed by atoms with Crippen LogP contribution in [-0.4, -0.2) is 13.2 Å². The maximum absolute atomic E-state index is 5.57. The minimum atomic E-state index is 0.434. The van der Waals surface area contributed by atoms with Crippen LogP contribution in [0.25, 0.3) is 0 Å². The van der Waals surface area contributed by atoms with Crippen molar-refractivity contribution in [3.05, 3.63) is 35.4 Å². The maximum Gasteiger partial charge on any atom is 0.0508 e. The van der Waals surface area contributed by atoms with Gasteiger partial charge in [0.15, 0.2) is 0 Å². The molecule has 3 unspecified atom stereocenters. The van der Waals surface area contributed by atoms with E-state index in [1.54, 1.807) is 0 Å². The van der Waals surface area contributed by atoms with Crippen molar-refractivity contribution >= 4 is 15.9 Å². The fourth-order valence-corrected chi connectivity index (χ4v) is 3.23. The fourth-order valence-electron chi connectivity index (χ4n) is 2.51. The van der Waals surface area contributed by atoms with Gasteiger partial charge in [0, 0.05) is 11.4 Å². The molecule has 1 aliphatic heterocycles. The molecule has 100 valence electrons. The van der Waals surface area contributed by atoms with Gasteiger partial charge in [0.25, 0.3) is 0 Å². The number of hydrogen-bond donors (Lipinski definition) is 0. The van der Waals surface area contributed by atoms with Crippen molar-refractivity contribution in [2.24, 2.45) is 5.92 Å². The topological polar surface area (TPSA) is 9.23 Å². The molecule has 0 N–H and O–H groups in total. The normalized spacial score (nSPS) is 23.6. The second-order valence-corrected chi connectivity index (χ2v) is 6.34. The van der Waals surface area contributed by atoms with Gasteiger partial charge in [-0.1, -0.05) is 54.0 Å². The van der Waals surface area contributed by atoms with E-state index in [9.17, 15) is 0 Å². The predicted octanol–water partition coefficient (Wildman–Crippen LogP) is 5.06. The molecule has 3 atom stereocenters. The van der Waals surface area contributed by atoms with Crippen molar-refractivity contribution < 1.29 is 4.74 Å². The quantitative estimate of drug-likeness (QED) is 0.706. The first-order valence-electron chi connectivity index (χ1n) is 7.04. The summed E-state index contributed by atoms with van der Waals surface area (Å²) in [6, 6.07) is 9.11. The van der Waals surface area contributed by atoms with E-state index in [0.29, 0.717) is 16.7 Å². The van der Waals surface area contributed by atoms with Gasteiger partial charge in [0.2, 0.25) is 0 Å². The van der Waals surface area contributed by atoms with Gasteiger partial charge in [-0.3, -0.25) is 0 Å². The van der Waals surface area contributed by atoms with Crippen LogP contribution in [0.4, 0.5) is 0 Å². The Bertz CT molecular complexity index is 354. The number of alkyl halides is 1. The summed E-state index contributed by atoms with van der Waals surface area (Å²) in [6.07, 6.45) is 3.66. The van der Waals surface area contributed by atoms with Gasteiger partial charge in [0.1, 0.15) is 0 Å². The molecule has 1 aromatic carbocycles. The average Bonchev–Trinajstić information content (AvgIpc) is 2.47. The summed E-state index contributed by atoms with van der Waals surface area (Å²) in [5, 5.41) is 0. The van der Waals surface area contributed by atoms with Crippen LogP contribution >= 0.6 is 15.9 Å². The lowest BCUT2D eigenvalue weighted by Crippen LogP contribution is -2.20. The first kappa shape index (κ1) is 14.1. The molecular weight excluding hydrogens is 288 g/mol. The van der Waals surface area contributed by atoms with Crippen LogP contribution in [0.3, 0.4) is 0 Å². The minimum absolute atomic E-state index is 0.434. The molecular formula is C16H23BrO. The van der Waals surface area contributed by atoms with E-state index in [-0.39, 0.29) is 0 Å². The van der Waals surface area contributed by atoms with Gasteiger partial charge in [-0.2, -0.15) is 0 Å². The van der Waals surface area contributed by atoms with Crippen LogP contribution < -0.4 is 0 Å². The SMILES string of the molecule is CCC(C)c1ccc(C(Br)C2CCCOC2)cc1. The van der Waals surface area contributed by atoms with Crippen LogP contribution in [0, 0.1) is 5.92 Å². The molecule has 0 radical (unpaired) electrons. The molecule has 2 heteroatoms. The van der Waals surface area contributed by atoms with Crippen LogP contribution in [0.2, 0.25) is 0 Å². The first-order chi connectivity index (χ1) is 8.72. The van der Waals surface area contributed by atoms with Crippen molar-refractivity contribution in [2.75, 3.05) is 13.2 Å². The highest BCUT2D eigenvalue weighted by atomic mass is 79.9. The Morgan fingerprint density at radius 3 is 2.50 bits per heavy atom. The summed E-state index contributed by atoms with van der Waals surface area (Å²) in [5.74, 6) is 1.28. The molecule has 0 amide bonds. The Labute approximate surface area is 119 Å². The van der Waals surface area contributed by atoms with Crippen LogP contribution in [-0.2, 0) is 4.74 Å². The van der Waals surface area contributed by atoms with Crippen molar-refractivity contribution in [3.63, 3.8) is 0 Å². The molecule has 0 spiro atoms. The monoisotopic (exact) mass is 310 g/mol. The highest BCUT2D eigenvalue weighted by molar-refractivity contribution is 9.09. The molecule has 0 aliphatic carbocycles. The predicted molar refractivity (Wildman–Crippen MR) is 80.4 cm³/mol. The van der Waals surface area contributed by atoms with Gasteiger partial charge in [-0.15, -0.1) is 0 Å². The highest BCUT2D eigenvalue weighted by Gasteiger charge is 2.23. The summed E-state index contributed by atoms with van der Waals surface area (Å²) < 4.78 is 5.57. The van der Waals surface area contributed by atoms with Gasteiger partial charge < -0.3 is 4.74 Å². The molecule has 0 aromatic heterocycles. The summed E-state index contributed by atoms with van der Waals surface area (Å²) in [5.41, 5.74) is 2.83. The van der Waals surface area contributed by atoms with E-state index < -0.39 is 0 Å². The van der Waals surface area contributed by atoms with Gasteiger partial charge in [-0.25, -0.2) is 0 Å². The fraction of sp³-hybridized carbons (Fsp3) is 0.625. The molecule has 2 rings (SSSR count). The highest BCUT2D eigenvalue weighted by Crippen LogP contribution is 2.36. The largest absolute Gasteiger partial charge is 0.381 e. The Balaban J connectivity index is 2.03. The average molecular weight is 311 g/mol. The van der Waals surface area contributed by atoms with Crippen LogP contribution in [0.5, 0.6) is 0 Å². The van der Waals surface area contributed by atoms with Gasteiger partial charge in [0.05, 0.1) is 6.61 Å². The lowest BCUT2D eigenvalue weighted by molar-refractivity contribution is 0.0546. The summed E-state index contributed by atoms with van der Waals surface area (Å²) in [4.78, 5) is 0.434. The first-order valence-corrected chi connectivity index (χ1v) is 7.95. The molecule has 1 aliphatic rings. The Morgan fingerprint density at radius 1 is 1.28 bits per heavy atom. The van der Waals surface area contributed by atoms with E-state index in [1.807, 2.05) is 0 Å². The summed E-state index contributed by atoms with van der Waals surface area (Å²) in [7, 11) is 0. The van der Waals surface area contributed by atoms with E-state index in [1.165, 1.54) is 30.4 Å². The number of halogens is 1. The lowest BCUT2D eigenvalue weighted by atomic mass is 9.92. The Hall–Kier alpha value is -0.340. The third kappa shape index (κ3) is 3.36. The number of ether oxygens (including phenoxy) is 1. The second kappa shape index (κ2) is 6.72. The Morgan fingerprint density at radius 2 is 1.94 bits per heavy atom. The zero-order valence-electron chi connectivity index (χ0n) is 11.4. The van der Waals surface area contributed by atoms with Crippen LogP contribution in [0.15, 0.2) is 24.3 Å². The smallest absolute Gasteiger partial charge is 0.0508 e. The van der Waals surface area contributed by atoms with Crippen molar-refractivity contribution in [3.8, 4) is 0 Å². The molecule has 1 fully saturated rings. The minimum Gasteiger partial charge on any atom is -0.381 e. The van der Waals surface area contributed by atoms with Gasteiger partial charge >= 0.3 is 0 Å². The molecule has 1 heterocycles. The van der Waals surface area contributed by atoms with E-state index in [4.69, 9.17) is 4.74 Å². The number of hydrogen-bond acceptors (Lipinski definition) is 1. The maximum atomic E-state index is 5.57. The number of rotatable bonds is 4. The summed E-state index contributed by atoms with van der Waals surface area (Å²) in [6.45, 7) is 6.35. The summed E-state index contributed by atoms with van der Waals surface area (Å²) >= 11 is 3.85.